The third kappa shape index (κ3) is 14.0. The molecular formula is C19H35NO3. The summed E-state index contributed by atoms with van der Waals surface area (Å²) in [5.74, 6) is -1.82. The van der Waals surface area contributed by atoms with Gasteiger partial charge in [-0.3, -0.25) is 9.59 Å². The molecule has 23 heavy (non-hydrogen) atoms. The number of carbonyl (C=O) groups is 2. The molecule has 134 valence electrons. The molecule has 0 spiro atoms. The third-order valence-corrected chi connectivity index (χ3v) is 3.89. The second-order valence-electron chi connectivity index (χ2n) is 6.19. The average Bonchev–Trinajstić information content (AvgIpc) is 2.53. The molecule has 0 rings (SSSR count). The molecule has 0 saturated heterocycles. The highest BCUT2D eigenvalue weighted by Crippen LogP contribution is 2.11. The molecule has 0 heterocycles. The van der Waals surface area contributed by atoms with Crippen molar-refractivity contribution < 1.29 is 14.7 Å². The largest absolute Gasteiger partial charge is 0.481 e. The summed E-state index contributed by atoms with van der Waals surface area (Å²) in [6, 6.07) is 0. The van der Waals surface area contributed by atoms with Gasteiger partial charge >= 0.3 is 5.97 Å². The van der Waals surface area contributed by atoms with Crippen molar-refractivity contribution in [1.82, 2.24) is 5.32 Å². The van der Waals surface area contributed by atoms with Crippen LogP contribution in [0.4, 0.5) is 0 Å². The molecule has 0 saturated carbocycles. The molecule has 0 aliphatic carbocycles. The first kappa shape index (κ1) is 21.7. The Morgan fingerprint density at radius 1 is 0.957 bits per heavy atom. The molecule has 2 N–H and O–H groups in total. The van der Waals surface area contributed by atoms with Gasteiger partial charge in [0.25, 0.3) is 0 Å². The number of unbranched alkanes of at least 4 members (excludes halogenated alkanes) is 8. The minimum absolute atomic E-state index is 0.0310. The van der Waals surface area contributed by atoms with E-state index in [-0.39, 0.29) is 12.3 Å². The van der Waals surface area contributed by atoms with Crippen LogP contribution < -0.4 is 5.32 Å². The number of nitrogens with one attached hydrogen (secondary N) is 1. The van der Waals surface area contributed by atoms with Crippen molar-refractivity contribution in [2.75, 3.05) is 6.54 Å². The summed E-state index contributed by atoms with van der Waals surface area (Å²) < 4.78 is 0. The molecule has 4 nitrogen and oxygen atoms in total. The van der Waals surface area contributed by atoms with Crippen LogP contribution in [0.25, 0.3) is 0 Å². The van der Waals surface area contributed by atoms with E-state index in [0.29, 0.717) is 6.54 Å². The van der Waals surface area contributed by atoms with E-state index in [4.69, 9.17) is 5.11 Å². The second kappa shape index (κ2) is 15.6. The van der Waals surface area contributed by atoms with Crippen molar-refractivity contribution in [1.29, 1.82) is 0 Å². The third-order valence-electron chi connectivity index (χ3n) is 3.89. The fourth-order valence-electron chi connectivity index (χ4n) is 2.43. The van der Waals surface area contributed by atoms with E-state index in [2.05, 4.69) is 12.2 Å². The fraction of sp³-hybridized carbons (Fsp3) is 0.789. The van der Waals surface area contributed by atoms with Crippen molar-refractivity contribution in [3.05, 3.63) is 12.2 Å². The summed E-state index contributed by atoms with van der Waals surface area (Å²) in [6.07, 6.45) is 15.5. The van der Waals surface area contributed by atoms with Crippen molar-refractivity contribution in [3.8, 4) is 0 Å². The van der Waals surface area contributed by atoms with Crippen LogP contribution in [-0.4, -0.2) is 23.5 Å². The Hall–Kier alpha value is -1.32. The zero-order valence-electron chi connectivity index (χ0n) is 15.0. The van der Waals surface area contributed by atoms with Gasteiger partial charge in [-0.25, -0.2) is 0 Å². The van der Waals surface area contributed by atoms with Crippen LogP contribution in [-0.2, 0) is 9.59 Å². The first-order valence-corrected chi connectivity index (χ1v) is 9.28. The van der Waals surface area contributed by atoms with E-state index >= 15 is 0 Å². The number of aliphatic carboxylic acids is 1. The smallest absolute Gasteiger partial charge is 0.310 e. The first-order chi connectivity index (χ1) is 11.1. The molecule has 0 aromatic heterocycles. The maximum Gasteiger partial charge on any atom is 0.310 e. The van der Waals surface area contributed by atoms with E-state index in [9.17, 15) is 9.59 Å². The van der Waals surface area contributed by atoms with Gasteiger partial charge in [0.05, 0.1) is 5.92 Å². The van der Waals surface area contributed by atoms with E-state index in [1.807, 2.05) is 13.0 Å². The van der Waals surface area contributed by atoms with Crippen molar-refractivity contribution in [2.45, 2.75) is 84.5 Å². The molecule has 0 bridgehead atoms. The van der Waals surface area contributed by atoms with Crippen LogP contribution in [0.2, 0.25) is 0 Å². The molecule has 1 amide bonds. The molecule has 0 aliphatic heterocycles. The number of hydrogen-bond acceptors (Lipinski definition) is 2. The number of carboxylic acids is 1. The molecule has 4 heteroatoms. The van der Waals surface area contributed by atoms with E-state index in [0.717, 1.165) is 19.3 Å². The molecule has 1 unspecified atom stereocenters. The summed E-state index contributed by atoms with van der Waals surface area (Å²) in [6.45, 7) is 4.80. The molecule has 0 radical (unpaired) electrons. The highest BCUT2D eigenvalue weighted by atomic mass is 16.4. The van der Waals surface area contributed by atoms with Crippen LogP contribution in [0.5, 0.6) is 0 Å². The second-order valence-corrected chi connectivity index (χ2v) is 6.19. The Labute approximate surface area is 141 Å². The van der Waals surface area contributed by atoms with Gasteiger partial charge in [0, 0.05) is 13.0 Å². The van der Waals surface area contributed by atoms with Gasteiger partial charge in [0.2, 0.25) is 5.91 Å². The summed E-state index contributed by atoms with van der Waals surface area (Å²) >= 11 is 0. The standard InChI is InChI=1S/C19H35NO3/c1-3-5-6-7-8-9-10-11-12-13-14-17(19(22)23)16-18(21)20-15-4-2/h13-14,17H,3-12,15-16H2,1-2H3,(H,20,21)(H,22,23). The summed E-state index contributed by atoms with van der Waals surface area (Å²) in [4.78, 5) is 22.8. The van der Waals surface area contributed by atoms with Crippen molar-refractivity contribution in [3.63, 3.8) is 0 Å². The van der Waals surface area contributed by atoms with Crippen LogP contribution in [0.1, 0.15) is 84.5 Å². The zero-order chi connectivity index (χ0) is 17.3. The Bertz CT molecular complexity index is 340. The Kier molecular flexibility index (Phi) is 14.7. The quantitative estimate of drug-likeness (QED) is 0.339. The lowest BCUT2D eigenvalue weighted by Gasteiger charge is -2.08. The maximum absolute atomic E-state index is 11.6. The lowest BCUT2D eigenvalue weighted by Crippen LogP contribution is -2.28. The van der Waals surface area contributed by atoms with Crippen LogP contribution in [0.3, 0.4) is 0 Å². The molecule has 1 atom stereocenters. The molecule has 0 aromatic carbocycles. The highest BCUT2D eigenvalue weighted by molar-refractivity contribution is 5.83. The number of hydrogen-bond donors (Lipinski definition) is 2. The van der Waals surface area contributed by atoms with Gasteiger partial charge in [-0.1, -0.05) is 70.9 Å². The monoisotopic (exact) mass is 325 g/mol. The summed E-state index contributed by atoms with van der Waals surface area (Å²) in [7, 11) is 0. The summed E-state index contributed by atoms with van der Waals surface area (Å²) in [5.41, 5.74) is 0. The minimum atomic E-state index is -0.927. The molecule has 0 aliphatic rings. The SMILES string of the molecule is CCCCCCCCCCC=CC(CC(=O)NCCC)C(=O)O. The van der Waals surface area contributed by atoms with E-state index < -0.39 is 11.9 Å². The highest BCUT2D eigenvalue weighted by Gasteiger charge is 2.17. The predicted molar refractivity (Wildman–Crippen MR) is 95.4 cm³/mol. The average molecular weight is 325 g/mol. The molecular weight excluding hydrogens is 290 g/mol. The maximum atomic E-state index is 11.6. The Morgan fingerprint density at radius 3 is 2.13 bits per heavy atom. The number of rotatable bonds is 15. The lowest BCUT2D eigenvalue weighted by atomic mass is 10.0. The minimum Gasteiger partial charge on any atom is -0.481 e. The van der Waals surface area contributed by atoms with Gasteiger partial charge < -0.3 is 10.4 Å². The van der Waals surface area contributed by atoms with Gasteiger partial charge in [-0.15, -0.1) is 0 Å². The summed E-state index contributed by atoms with van der Waals surface area (Å²) in [5, 5.41) is 11.9. The first-order valence-electron chi connectivity index (χ1n) is 9.28. The number of allylic oxidation sites excluding steroid dienone is 1. The topological polar surface area (TPSA) is 66.4 Å². The Morgan fingerprint density at radius 2 is 1.57 bits per heavy atom. The molecule has 0 fully saturated rings. The van der Waals surface area contributed by atoms with Crippen LogP contribution in [0.15, 0.2) is 12.2 Å². The molecule has 0 aromatic rings. The normalized spacial score (nSPS) is 12.4. The predicted octanol–water partition coefficient (Wildman–Crippen LogP) is 4.69. The van der Waals surface area contributed by atoms with Crippen molar-refractivity contribution >= 4 is 11.9 Å². The van der Waals surface area contributed by atoms with Crippen LogP contribution in [0, 0.1) is 5.92 Å². The van der Waals surface area contributed by atoms with E-state index in [1.165, 1.54) is 44.9 Å². The van der Waals surface area contributed by atoms with Crippen molar-refractivity contribution in [2.24, 2.45) is 5.92 Å². The lowest BCUT2D eigenvalue weighted by molar-refractivity contribution is -0.142. The van der Waals surface area contributed by atoms with Gasteiger partial charge in [0.15, 0.2) is 0 Å². The van der Waals surface area contributed by atoms with Crippen LogP contribution >= 0.6 is 0 Å². The number of carbonyl (C=O) groups excluding carboxylic acids is 1. The number of carboxylic acid groups (broad SMARTS) is 1. The zero-order valence-corrected chi connectivity index (χ0v) is 15.0. The van der Waals surface area contributed by atoms with Gasteiger partial charge in [-0.05, 0) is 19.3 Å². The number of amides is 1. The van der Waals surface area contributed by atoms with E-state index in [1.54, 1.807) is 6.08 Å². The fourth-order valence-corrected chi connectivity index (χ4v) is 2.43. The van der Waals surface area contributed by atoms with Gasteiger partial charge in [0.1, 0.15) is 0 Å². The van der Waals surface area contributed by atoms with Gasteiger partial charge in [-0.2, -0.15) is 0 Å². The Balaban J connectivity index is 3.78.